The lowest BCUT2D eigenvalue weighted by atomic mass is 9.92. The van der Waals surface area contributed by atoms with Gasteiger partial charge < -0.3 is 5.32 Å². The maximum atomic E-state index is 11.9. The van der Waals surface area contributed by atoms with Crippen molar-refractivity contribution in [3.63, 3.8) is 0 Å². The van der Waals surface area contributed by atoms with Gasteiger partial charge in [0.15, 0.2) is 5.16 Å². The number of amides is 1. The number of nitrogens with one attached hydrogen (secondary N) is 1. The van der Waals surface area contributed by atoms with Crippen molar-refractivity contribution in [1.82, 2.24) is 20.1 Å². The van der Waals surface area contributed by atoms with Gasteiger partial charge >= 0.3 is 0 Å². The van der Waals surface area contributed by atoms with Crippen LogP contribution in [0.4, 0.5) is 0 Å². The summed E-state index contributed by atoms with van der Waals surface area (Å²) in [6.45, 7) is 7.15. The fourth-order valence-electron chi connectivity index (χ4n) is 1.88. The van der Waals surface area contributed by atoms with Gasteiger partial charge in [-0.1, -0.05) is 50.2 Å². The van der Waals surface area contributed by atoms with E-state index in [9.17, 15) is 4.79 Å². The van der Waals surface area contributed by atoms with Crippen molar-refractivity contribution in [3.8, 4) is 5.69 Å². The fraction of sp³-hybridized carbons (Fsp3) is 0.438. The molecule has 0 unspecified atom stereocenters. The lowest BCUT2D eigenvalue weighted by molar-refractivity contribution is -0.118. The molecule has 2 rings (SSSR count). The molecular formula is C16H21ClN4OS. The lowest BCUT2D eigenvalue weighted by Gasteiger charge is -2.17. The van der Waals surface area contributed by atoms with E-state index in [1.54, 1.807) is 6.33 Å². The van der Waals surface area contributed by atoms with E-state index in [-0.39, 0.29) is 11.3 Å². The van der Waals surface area contributed by atoms with E-state index in [0.717, 1.165) is 12.1 Å². The van der Waals surface area contributed by atoms with Crippen LogP contribution in [0.2, 0.25) is 5.02 Å². The van der Waals surface area contributed by atoms with Crippen molar-refractivity contribution >= 4 is 29.3 Å². The monoisotopic (exact) mass is 352 g/mol. The number of thioether (sulfide) groups is 1. The zero-order valence-electron chi connectivity index (χ0n) is 13.5. The maximum absolute atomic E-state index is 11.9. The second-order valence-electron chi connectivity index (χ2n) is 6.41. The highest BCUT2D eigenvalue weighted by Crippen LogP contribution is 2.21. The molecule has 0 bridgehead atoms. The molecule has 0 saturated heterocycles. The highest BCUT2D eigenvalue weighted by Gasteiger charge is 2.12. The van der Waals surface area contributed by atoms with Gasteiger partial charge in [0.05, 0.1) is 11.4 Å². The minimum Gasteiger partial charge on any atom is -0.355 e. The first-order valence-corrected chi connectivity index (χ1v) is 8.77. The molecule has 1 aromatic heterocycles. The molecule has 0 fully saturated rings. The Balaban J connectivity index is 1.90. The molecule has 5 nitrogen and oxygen atoms in total. The number of aromatic nitrogens is 3. The van der Waals surface area contributed by atoms with Crippen LogP contribution in [0.1, 0.15) is 27.2 Å². The lowest BCUT2D eigenvalue weighted by Crippen LogP contribution is -2.28. The number of rotatable bonds is 6. The van der Waals surface area contributed by atoms with E-state index in [1.165, 1.54) is 11.8 Å². The summed E-state index contributed by atoms with van der Waals surface area (Å²) in [5, 5.41) is 12.2. The Morgan fingerprint density at radius 1 is 1.39 bits per heavy atom. The topological polar surface area (TPSA) is 59.8 Å². The van der Waals surface area contributed by atoms with Gasteiger partial charge in [0, 0.05) is 11.6 Å². The number of hydrogen-bond acceptors (Lipinski definition) is 4. The molecule has 124 valence electrons. The standard InChI is InChI=1S/C16H21ClN4OS/c1-16(2,3)7-8-18-14(22)10-23-15-20-19-11-21(15)13-6-4-5-12(17)9-13/h4-6,9,11H,7-8,10H2,1-3H3,(H,18,22). The van der Waals surface area contributed by atoms with Crippen LogP contribution < -0.4 is 5.32 Å². The Bertz CT molecular complexity index is 666. The first-order valence-electron chi connectivity index (χ1n) is 7.41. The van der Waals surface area contributed by atoms with Gasteiger partial charge in [-0.25, -0.2) is 0 Å². The predicted molar refractivity (Wildman–Crippen MR) is 94.2 cm³/mol. The Kier molecular flexibility index (Phi) is 6.07. The second-order valence-corrected chi connectivity index (χ2v) is 7.79. The Morgan fingerprint density at radius 2 is 2.17 bits per heavy atom. The minimum atomic E-state index is -0.0000981. The van der Waals surface area contributed by atoms with Gasteiger partial charge in [0.25, 0.3) is 0 Å². The van der Waals surface area contributed by atoms with E-state index in [2.05, 4.69) is 36.3 Å². The normalized spacial score (nSPS) is 11.5. The van der Waals surface area contributed by atoms with Crippen molar-refractivity contribution in [3.05, 3.63) is 35.6 Å². The van der Waals surface area contributed by atoms with Crippen LogP contribution >= 0.6 is 23.4 Å². The van der Waals surface area contributed by atoms with Crippen LogP contribution in [0, 0.1) is 5.41 Å². The van der Waals surface area contributed by atoms with Crippen LogP contribution in [0.5, 0.6) is 0 Å². The number of nitrogens with zero attached hydrogens (tertiary/aromatic N) is 3. The molecule has 1 amide bonds. The largest absolute Gasteiger partial charge is 0.355 e. The van der Waals surface area contributed by atoms with Crippen LogP contribution in [-0.2, 0) is 4.79 Å². The number of halogens is 1. The highest BCUT2D eigenvalue weighted by molar-refractivity contribution is 7.99. The highest BCUT2D eigenvalue weighted by atomic mass is 35.5. The molecule has 1 N–H and O–H groups in total. The third-order valence-electron chi connectivity index (χ3n) is 3.13. The predicted octanol–water partition coefficient (Wildman–Crippen LogP) is 3.57. The summed E-state index contributed by atoms with van der Waals surface area (Å²) >= 11 is 7.37. The first kappa shape index (κ1) is 17.8. The van der Waals surface area contributed by atoms with Gasteiger partial charge in [0.2, 0.25) is 5.91 Å². The van der Waals surface area contributed by atoms with Crippen molar-refractivity contribution < 1.29 is 4.79 Å². The summed E-state index contributed by atoms with van der Waals surface area (Å²) < 4.78 is 1.82. The Morgan fingerprint density at radius 3 is 2.87 bits per heavy atom. The molecule has 0 radical (unpaired) electrons. The summed E-state index contributed by atoms with van der Waals surface area (Å²) in [5.41, 5.74) is 1.09. The summed E-state index contributed by atoms with van der Waals surface area (Å²) in [6, 6.07) is 7.43. The minimum absolute atomic E-state index is 0.0000981. The molecule has 1 heterocycles. The molecule has 0 atom stereocenters. The first-order chi connectivity index (χ1) is 10.8. The fourth-order valence-corrected chi connectivity index (χ4v) is 2.83. The van der Waals surface area contributed by atoms with Gasteiger partial charge in [-0.2, -0.15) is 0 Å². The SMILES string of the molecule is CC(C)(C)CCNC(=O)CSc1nncn1-c1cccc(Cl)c1. The van der Waals surface area contributed by atoms with E-state index >= 15 is 0 Å². The molecule has 2 aromatic rings. The van der Waals surface area contributed by atoms with Crippen molar-refractivity contribution in [2.45, 2.75) is 32.3 Å². The van der Waals surface area contributed by atoms with Crippen LogP contribution in [0.25, 0.3) is 5.69 Å². The van der Waals surface area contributed by atoms with Gasteiger partial charge in [-0.15, -0.1) is 10.2 Å². The van der Waals surface area contributed by atoms with E-state index in [4.69, 9.17) is 11.6 Å². The van der Waals surface area contributed by atoms with Gasteiger partial charge in [-0.3, -0.25) is 9.36 Å². The summed E-state index contributed by atoms with van der Waals surface area (Å²) in [7, 11) is 0. The van der Waals surface area contributed by atoms with Gasteiger partial charge in [-0.05, 0) is 30.0 Å². The quantitative estimate of drug-likeness (QED) is 0.807. The zero-order valence-corrected chi connectivity index (χ0v) is 15.1. The smallest absolute Gasteiger partial charge is 0.230 e. The molecule has 0 aliphatic carbocycles. The third kappa shape index (κ3) is 5.88. The van der Waals surface area contributed by atoms with E-state index in [0.29, 0.717) is 22.5 Å². The van der Waals surface area contributed by atoms with Crippen LogP contribution in [-0.4, -0.2) is 33.0 Å². The van der Waals surface area contributed by atoms with Crippen LogP contribution in [0.15, 0.2) is 35.7 Å². The number of hydrogen-bond donors (Lipinski definition) is 1. The zero-order chi connectivity index (χ0) is 16.9. The number of carbonyl (C=O) groups excluding carboxylic acids is 1. The van der Waals surface area contributed by atoms with Crippen molar-refractivity contribution in [2.75, 3.05) is 12.3 Å². The molecule has 0 saturated carbocycles. The van der Waals surface area contributed by atoms with Crippen LogP contribution in [0.3, 0.4) is 0 Å². The summed E-state index contributed by atoms with van der Waals surface area (Å²) in [4.78, 5) is 11.9. The molecule has 1 aromatic carbocycles. The molecule has 0 aliphatic rings. The molecule has 0 spiro atoms. The molecule has 23 heavy (non-hydrogen) atoms. The Labute approximate surface area is 145 Å². The maximum Gasteiger partial charge on any atom is 0.230 e. The van der Waals surface area contributed by atoms with Crippen molar-refractivity contribution in [2.24, 2.45) is 5.41 Å². The third-order valence-corrected chi connectivity index (χ3v) is 4.31. The molecular weight excluding hydrogens is 332 g/mol. The molecule has 7 heteroatoms. The second kappa shape index (κ2) is 7.84. The van der Waals surface area contributed by atoms with E-state index < -0.39 is 0 Å². The average molecular weight is 353 g/mol. The Hall–Kier alpha value is -1.53. The average Bonchev–Trinajstić information content (AvgIpc) is 2.92. The molecule has 0 aliphatic heterocycles. The van der Waals surface area contributed by atoms with Gasteiger partial charge in [0.1, 0.15) is 6.33 Å². The number of benzene rings is 1. The summed E-state index contributed by atoms with van der Waals surface area (Å²) in [5.74, 6) is 0.309. The summed E-state index contributed by atoms with van der Waals surface area (Å²) in [6.07, 6.45) is 2.56. The number of carbonyl (C=O) groups is 1. The van der Waals surface area contributed by atoms with Crippen molar-refractivity contribution in [1.29, 1.82) is 0 Å². The van der Waals surface area contributed by atoms with E-state index in [1.807, 2.05) is 28.8 Å².